The van der Waals surface area contributed by atoms with E-state index in [-0.39, 0.29) is 6.04 Å². The van der Waals surface area contributed by atoms with Crippen LogP contribution >= 0.6 is 0 Å². The summed E-state index contributed by atoms with van der Waals surface area (Å²) >= 11 is 0. The summed E-state index contributed by atoms with van der Waals surface area (Å²) in [7, 11) is 0. The minimum absolute atomic E-state index is 0.321. The Kier molecular flexibility index (Phi) is 4.00. The van der Waals surface area contributed by atoms with Crippen molar-refractivity contribution in [3.8, 4) is 0 Å². The third-order valence-electron chi connectivity index (χ3n) is 3.31. The molecule has 0 saturated carbocycles. The van der Waals surface area contributed by atoms with Crippen LogP contribution in [0, 0.1) is 5.92 Å². The van der Waals surface area contributed by atoms with Crippen LogP contribution in [0.5, 0.6) is 0 Å². The predicted molar refractivity (Wildman–Crippen MR) is 76.3 cm³/mol. The van der Waals surface area contributed by atoms with Gasteiger partial charge in [0.05, 0.1) is 12.1 Å². The van der Waals surface area contributed by atoms with Crippen LogP contribution in [0.1, 0.15) is 31.9 Å². The Morgan fingerprint density at radius 1 is 1.06 bits per heavy atom. The van der Waals surface area contributed by atoms with E-state index in [4.69, 9.17) is 5.73 Å². The van der Waals surface area contributed by atoms with Crippen molar-refractivity contribution in [3.05, 3.63) is 48.0 Å². The maximum Gasteiger partial charge on any atom is 0.0735 e. The molecule has 2 rings (SSSR count). The zero-order valence-electron chi connectivity index (χ0n) is 11.0. The van der Waals surface area contributed by atoms with Gasteiger partial charge < -0.3 is 10.8 Å². The van der Waals surface area contributed by atoms with Crippen LogP contribution in [0.4, 0.5) is 0 Å². The van der Waals surface area contributed by atoms with Gasteiger partial charge in [-0.05, 0) is 28.7 Å². The van der Waals surface area contributed by atoms with E-state index in [1.54, 1.807) is 0 Å². The summed E-state index contributed by atoms with van der Waals surface area (Å²) in [5.41, 5.74) is 7.23. The van der Waals surface area contributed by atoms with Gasteiger partial charge >= 0.3 is 0 Å². The zero-order chi connectivity index (χ0) is 13.1. The first-order valence-electron chi connectivity index (χ1n) is 6.51. The monoisotopic (exact) mass is 243 g/mol. The van der Waals surface area contributed by atoms with E-state index in [2.05, 4.69) is 32.0 Å². The molecule has 0 bridgehead atoms. The van der Waals surface area contributed by atoms with Crippen molar-refractivity contribution in [1.29, 1.82) is 0 Å². The molecule has 0 radical (unpaired) electrons. The van der Waals surface area contributed by atoms with Gasteiger partial charge in [0.2, 0.25) is 0 Å². The van der Waals surface area contributed by atoms with Gasteiger partial charge in [-0.3, -0.25) is 0 Å². The molecule has 2 heteroatoms. The molecule has 3 N–H and O–H groups in total. The van der Waals surface area contributed by atoms with E-state index in [1.165, 1.54) is 5.39 Å². The Morgan fingerprint density at radius 3 is 2.44 bits per heavy atom. The third-order valence-corrected chi connectivity index (χ3v) is 3.31. The van der Waals surface area contributed by atoms with E-state index >= 15 is 0 Å². The highest BCUT2D eigenvalue weighted by Crippen LogP contribution is 2.26. The average molecular weight is 243 g/mol. The number of aliphatic hydroxyl groups is 1. The summed E-state index contributed by atoms with van der Waals surface area (Å²) in [5, 5.41) is 12.5. The van der Waals surface area contributed by atoms with Crippen LogP contribution in [-0.2, 0) is 0 Å². The fourth-order valence-corrected chi connectivity index (χ4v) is 2.38. The van der Waals surface area contributed by atoms with Gasteiger partial charge in [-0.2, -0.15) is 0 Å². The SMILES string of the molecule is CC(C)C[C@@H](O)[C@@H](N)c1cccc2ccccc12. The molecular formula is C16H21NO. The molecule has 0 aliphatic carbocycles. The van der Waals surface area contributed by atoms with Crippen LogP contribution in [0.15, 0.2) is 42.5 Å². The standard InChI is InChI=1S/C16H21NO/c1-11(2)10-15(18)16(17)14-9-5-7-12-6-3-4-8-13(12)14/h3-9,11,15-16,18H,10,17H2,1-2H3/t15-,16+/m1/s1. The number of nitrogens with two attached hydrogens (primary N) is 1. The Bertz CT molecular complexity index is 516. The molecule has 2 nitrogen and oxygen atoms in total. The molecule has 2 aromatic rings. The smallest absolute Gasteiger partial charge is 0.0735 e. The van der Waals surface area contributed by atoms with Gasteiger partial charge in [-0.25, -0.2) is 0 Å². The van der Waals surface area contributed by atoms with Crippen LogP contribution in [-0.4, -0.2) is 11.2 Å². The van der Waals surface area contributed by atoms with Crippen LogP contribution in [0.3, 0.4) is 0 Å². The molecule has 0 amide bonds. The largest absolute Gasteiger partial charge is 0.391 e. The van der Waals surface area contributed by atoms with E-state index in [0.717, 1.165) is 17.4 Å². The van der Waals surface area contributed by atoms with Crippen molar-refractivity contribution in [2.24, 2.45) is 11.7 Å². The first kappa shape index (κ1) is 13.1. The Labute approximate surface area is 108 Å². The molecule has 0 spiro atoms. The number of aliphatic hydroxyl groups excluding tert-OH is 1. The fourth-order valence-electron chi connectivity index (χ4n) is 2.38. The average Bonchev–Trinajstić information content (AvgIpc) is 2.36. The highest BCUT2D eigenvalue weighted by Gasteiger charge is 2.19. The lowest BCUT2D eigenvalue weighted by atomic mass is 9.92. The van der Waals surface area contributed by atoms with Gasteiger partial charge in [0.15, 0.2) is 0 Å². The molecule has 0 aromatic heterocycles. The summed E-state index contributed by atoms with van der Waals surface area (Å²) in [6.45, 7) is 4.19. The summed E-state index contributed by atoms with van der Waals surface area (Å²) in [6, 6.07) is 13.9. The minimum Gasteiger partial charge on any atom is -0.391 e. The molecule has 0 heterocycles. The molecule has 0 aliphatic rings. The number of fused-ring (bicyclic) bond motifs is 1. The number of rotatable bonds is 4. The summed E-state index contributed by atoms with van der Waals surface area (Å²) in [6.07, 6.45) is 0.237. The first-order chi connectivity index (χ1) is 8.59. The maximum atomic E-state index is 10.2. The van der Waals surface area contributed by atoms with Crippen molar-refractivity contribution < 1.29 is 5.11 Å². The van der Waals surface area contributed by atoms with Gasteiger partial charge in [-0.1, -0.05) is 56.3 Å². The van der Waals surface area contributed by atoms with Crippen LogP contribution in [0.25, 0.3) is 10.8 Å². The molecule has 96 valence electrons. The second-order valence-corrected chi connectivity index (χ2v) is 5.29. The van der Waals surface area contributed by atoms with Crippen LogP contribution in [0.2, 0.25) is 0 Å². The molecular weight excluding hydrogens is 222 g/mol. The molecule has 0 unspecified atom stereocenters. The molecule has 0 fully saturated rings. The summed E-state index contributed by atoms with van der Waals surface area (Å²) in [4.78, 5) is 0. The molecule has 18 heavy (non-hydrogen) atoms. The lowest BCUT2D eigenvalue weighted by Crippen LogP contribution is -2.27. The Morgan fingerprint density at radius 2 is 1.72 bits per heavy atom. The number of hydrogen-bond donors (Lipinski definition) is 2. The predicted octanol–water partition coefficient (Wildman–Crippen LogP) is 3.25. The zero-order valence-corrected chi connectivity index (χ0v) is 11.0. The van der Waals surface area contributed by atoms with E-state index in [0.29, 0.717) is 5.92 Å². The van der Waals surface area contributed by atoms with Crippen molar-refractivity contribution in [2.45, 2.75) is 32.4 Å². The Balaban J connectivity index is 2.35. The van der Waals surface area contributed by atoms with E-state index in [1.807, 2.05) is 24.3 Å². The second-order valence-electron chi connectivity index (χ2n) is 5.29. The van der Waals surface area contributed by atoms with Crippen molar-refractivity contribution in [2.75, 3.05) is 0 Å². The summed E-state index contributed by atoms with van der Waals surface area (Å²) < 4.78 is 0. The Hall–Kier alpha value is -1.38. The number of benzene rings is 2. The minimum atomic E-state index is -0.490. The molecule has 0 saturated heterocycles. The van der Waals surface area contributed by atoms with Gasteiger partial charge in [0.25, 0.3) is 0 Å². The highest BCUT2D eigenvalue weighted by molar-refractivity contribution is 5.86. The van der Waals surface area contributed by atoms with Gasteiger partial charge in [0.1, 0.15) is 0 Å². The highest BCUT2D eigenvalue weighted by atomic mass is 16.3. The van der Waals surface area contributed by atoms with Crippen molar-refractivity contribution >= 4 is 10.8 Å². The maximum absolute atomic E-state index is 10.2. The molecule has 2 atom stereocenters. The lowest BCUT2D eigenvalue weighted by molar-refractivity contribution is 0.121. The second kappa shape index (κ2) is 5.51. The number of hydrogen-bond acceptors (Lipinski definition) is 2. The summed E-state index contributed by atoms with van der Waals surface area (Å²) in [5.74, 6) is 0.445. The van der Waals surface area contributed by atoms with Crippen LogP contribution < -0.4 is 5.73 Å². The van der Waals surface area contributed by atoms with Gasteiger partial charge in [-0.15, -0.1) is 0 Å². The molecule has 0 aliphatic heterocycles. The van der Waals surface area contributed by atoms with E-state index in [9.17, 15) is 5.11 Å². The first-order valence-corrected chi connectivity index (χ1v) is 6.51. The van der Waals surface area contributed by atoms with E-state index < -0.39 is 6.10 Å². The quantitative estimate of drug-likeness (QED) is 0.866. The van der Waals surface area contributed by atoms with Gasteiger partial charge in [0, 0.05) is 0 Å². The topological polar surface area (TPSA) is 46.2 Å². The third kappa shape index (κ3) is 2.71. The van der Waals surface area contributed by atoms with Crippen molar-refractivity contribution in [1.82, 2.24) is 0 Å². The lowest BCUT2D eigenvalue weighted by Gasteiger charge is -2.22. The fraction of sp³-hybridized carbons (Fsp3) is 0.375. The normalized spacial score (nSPS) is 14.9. The molecule has 2 aromatic carbocycles. The van der Waals surface area contributed by atoms with Crippen molar-refractivity contribution in [3.63, 3.8) is 0 Å².